The van der Waals surface area contributed by atoms with E-state index >= 15 is 0 Å². The van der Waals surface area contributed by atoms with Crippen LogP contribution in [0.1, 0.15) is 34.1 Å². The van der Waals surface area contributed by atoms with Crippen molar-refractivity contribution in [2.24, 2.45) is 11.7 Å². The average Bonchev–Trinajstić information content (AvgIpc) is 2.20. The predicted octanol–water partition coefficient (Wildman–Crippen LogP) is 0.934. The first-order valence-electron chi connectivity index (χ1n) is 5.93. The third kappa shape index (κ3) is 6.22. The summed E-state index contributed by atoms with van der Waals surface area (Å²) in [6, 6.07) is 0. The van der Waals surface area contributed by atoms with Crippen molar-refractivity contribution in [3.05, 3.63) is 0 Å². The molecule has 6 nitrogen and oxygen atoms in total. The Morgan fingerprint density at radius 1 is 1.39 bits per heavy atom. The van der Waals surface area contributed by atoms with Crippen LogP contribution in [0.25, 0.3) is 0 Å². The van der Waals surface area contributed by atoms with Gasteiger partial charge >= 0.3 is 6.09 Å². The number of amides is 2. The van der Waals surface area contributed by atoms with Gasteiger partial charge in [-0.1, -0.05) is 6.92 Å². The largest absolute Gasteiger partial charge is 0.444 e. The first-order valence-corrected chi connectivity index (χ1v) is 5.93. The summed E-state index contributed by atoms with van der Waals surface area (Å²) in [5, 5.41) is 0. The second-order valence-electron chi connectivity index (χ2n) is 5.07. The Morgan fingerprint density at radius 3 is 2.28 bits per heavy atom. The standard InChI is InChI=1S/C12H22N2O4/c1-5-6-14(7-9(8-15)10(13)16)11(17)18-12(2,3)4/h8-9H,5-7H2,1-4H3,(H2,13,16). The molecule has 0 radical (unpaired) electrons. The molecule has 0 aliphatic carbocycles. The number of carbonyl (C=O) groups excluding carboxylic acids is 3. The van der Waals surface area contributed by atoms with Gasteiger partial charge in [0.15, 0.2) is 0 Å². The van der Waals surface area contributed by atoms with Crippen LogP contribution in [0.5, 0.6) is 0 Å². The van der Waals surface area contributed by atoms with Crippen molar-refractivity contribution in [3.8, 4) is 0 Å². The number of carbonyl (C=O) groups is 3. The van der Waals surface area contributed by atoms with Crippen LogP contribution in [0.15, 0.2) is 0 Å². The summed E-state index contributed by atoms with van der Waals surface area (Å²) in [5.41, 5.74) is 4.45. The van der Waals surface area contributed by atoms with Crippen molar-refractivity contribution in [1.82, 2.24) is 4.90 Å². The molecular weight excluding hydrogens is 236 g/mol. The molecule has 0 aliphatic heterocycles. The molecule has 1 unspecified atom stereocenters. The molecule has 18 heavy (non-hydrogen) atoms. The van der Waals surface area contributed by atoms with E-state index in [1.54, 1.807) is 20.8 Å². The molecule has 0 saturated carbocycles. The third-order valence-corrected chi connectivity index (χ3v) is 2.09. The molecule has 0 aromatic carbocycles. The summed E-state index contributed by atoms with van der Waals surface area (Å²) >= 11 is 0. The molecule has 0 rings (SSSR count). The minimum atomic E-state index is -0.996. The van der Waals surface area contributed by atoms with E-state index in [1.165, 1.54) is 4.90 Å². The van der Waals surface area contributed by atoms with Crippen molar-refractivity contribution < 1.29 is 19.1 Å². The van der Waals surface area contributed by atoms with Gasteiger partial charge in [-0.3, -0.25) is 4.79 Å². The molecule has 0 aromatic rings. The van der Waals surface area contributed by atoms with Gasteiger partial charge in [0, 0.05) is 13.1 Å². The van der Waals surface area contributed by atoms with Crippen molar-refractivity contribution in [2.45, 2.75) is 39.7 Å². The molecule has 2 N–H and O–H groups in total. The van der Waals surface area contributed by atoms with E-state index in [0.717, 1.165) is 0 Å². The molecule has 104 valence electrons. The van der Waals surface area contributed by atoms with Crippen LogP contribution in [0, 0.1) is 5.92 Å². The van der Waals surface area contributed by atoms with E-state index in [-0.39, 0.29) is 6.54 Å². The number of hydrogen-bond donors (Lipinski definition) is 1. The average molecular weight is 258 g/mol. The highest BCUT2D eigenvalue weighted by Gasteiger charge is 2.25. The van der Waals surface area contributed by atoms with Crippen molar-refractivity contribution >= 4 is 18.3 Å². The molecule has 0 spiro atoms. The Balaban J connectivity index is 4.69. The Morgan fingerprint density at radius 2 is 1.94 bits per heavy atom. The highest BCUT2D eigenvalue weighted by molar-refractivity contribution is 5.91. The smallest absolute Gasteiger partial charge is 0.410 e. The topological polar surface area (TPSA) is 89.7 Å². The van der Waals surface area contributed by atoms with Gasteiger partial charge in [0.25, 0.3) is 0 Å². The lowest BCUT2D eigenvalue weighted by molar-refractivity contribution is -0.127. The fourth-order valence-electron chi connectivity index (χ4n) is 1.29. The van der Waals surface area contributed by atoms with E-state index in [0.29, 0.717) is 19.3 Å². The monoisotopic (exact) mass is 258 g/mol. The lowest BCUT2D eigenvalue weighted by Gasteiger charge is -2.28. The van der Waals surface area contributed by atoms with E-state index in [1.807, 2.05) is 6.92 Å². The fourth-order valence-corrected chi connectivity index (χ4v) is 1.29. The molecule has 6 heteroatoms. The van der Waals surface area contributed by atoms with E-state index in [2.05, 4.69) is 0 Å². The second kappa shape index (κ2) is 6.98. The van der Waals surface area contributed by atoms with Crippen LogP contribution in [-0.4, -0.2) is 41.9 Å². The Hall–Kier alpha value is -1.59. The van der Waals surface area contributed by atoms with Crippen LogP contribution >= 0.6 is 0 Å². The molecule has 0 heterocycles. The number of ether oxygens (including phenoxy) is 1. The quantitative estimate of drug-likeness (QED) is 0.567. The van der Waals surface area contributed by atoms with Gasteiger partial charge < -0.3 is 20.2 Å². The summed E-state index contributed by atoms with van der Waals surface area (Å²) in [5.74, 6) is -1.74. The van der Waals surface area contributed by atoms with Crippen molar-refractivity contribution in [3.63, 3.8) is 0 Å². The van der Waals surface area contributed by atoms with Crippen LogP contribution in [0.3, 0.4) is 0 Å². The van der Waals surface area contributed by atoms with Gasteiger partial charge in [0.05, 0.1) is 0 Å². The highest BCUT2D eigenvalue weighted by Crippen LogP contribution is 2.11. The van der Waals surface area contributed by atoms with Gasteiger partial charge in [-0.25, -0.2) is 4.79 Å². The van der Waals surface area contributed by atoms with Crippen molar-refractivity contribution in [2.75, 3.05) is 13.1 Å². The molecule has 0 fully saturated rings. The maximum atomic E-state index is 11.9. The minimum Gasteiger partial charge on any atom is -0.444 e. The van der Waals surface area contributed by atoms with Crippen LogP contribution in [0.4, 0.5) is 4.79 Å². The second-order valence-corrected chi connectivity index (χ2v) is 5.07. The summed E-state index contributed by atoms with van der Waals surface area (Å²) in [6.45, 7) is 7.51. The van der Waals surface area contributed by atoms with Gasteiger partial charge in [0.1, 0.15) is 17.8 Å². The Kier molecular flexibility index (Phi) is 6.36. The predicted molar refractivity (Wildman–Crippen MR) is 66.8 cm³/mol. The zero-order valence-corrected chi connectivity index (χ0v) is 11.4. The zero-order chi connectivity index (χ0) is 14.3. The van der Waals surface area contributed by atoms with Crippen molar-refractivity contribution in [1.29, 1.82) is 0 Å². The van der Waals surface area contributed by atoms with Gasteiger partial charge in [-0.2, -0.15) is 0 Å². The van der Waals surface area contributed by atoms with Crippen LogP contribution in [-0.2, 0) is 14.3 Å². The zero-order valence-electron chi connectivity index (χ0n) is 11.4. The molecule has 2 amide bonds. The number of rotatable bonds is 6. The molecule has 0 bridgehead atoms. The molecule has 0 aliphatic rings. The van der Waals surface area contributed by atoms with Crippen LogP contribution in [0.2, 0.25) is 0 Å². The normalized spacial score (nSPS) is 12.7. The van der Waals surface area contributed by atoms with E-state index in [4.69, 9.17) is 10.5 Å². The number of hydrogen-bond acceptors (Lipinski definition) is 4. The summed E-state index contributed by atoms with van der Waals surface area (Å²) in [7, 11) is 0. The van der Waals surface area contributed by atoms with Gasteiger partial charge in [-0.15, -0.1) is 0 Å². The van der Waals surface area contributed by atoms with Crippen LogP contribution < -0.4 is 5.73 Å². The minimum absolute atomic E-state index is 0.0401. The van der Waals surface area contributed by atoms with E-state index < -0.39 is 23.5 Å². The summed E-state index contributed by atoms with van der Waals surface area (Å²) < 4.78 is 5.20. The van der Waals surface area contributed by atoms with E-state index in [9.17, 15) is 14.4 Å². The van der Waals surface area contributed by atoms with Gasteiger partial charge in [0.2, 0.25) is 5.91 Å². The lowest BCUT2D eigenvalue weighted by Crippen LogP contribution is -2.43. The number of nitrogens with two attached hydrogens (primary N) is 1. The Labute approximate surface area is 107 Å². The highest BCUT2D eigenvalue weighted by atomic mass is 16.6. The first-order chi connectivity index (χ1) is 8.21. The fraction of sp³-hybridized carbons (Fsp3) is 0.750. The maximum absolute atomic E-state index is 11.9. The SMILES string of the molecule is CCCN(CC(C=O)C(N)=O)C(=O)OC(C)(C)C. The maximum Gasteiger partial charge on any atom is 0.410 e. The van der Waals surface area contributed by atoms with Gasteiger partial charge in [-0.05, 0) is 27.2 Å². The Bertz CT molecular complexity index is 310. The molecular formula is C12H22N2O4. The number of nitrogens with zero attached hydrogens (tertiary/aromatic N) is 1. The number of aldehydes is 1. The lowest BCUT2D eigenvalue weighted by atomic mass is 10.1. The molecule has 1 atom stereocenters. The summed E-state index contributed by atoms with van der Waals surface area (Å²) in [4.78, 5) is 34.9. The summed E-state index contributed by atoms with van der Waals surface area (Å²) in [6.07, 6.45) is 0.608. The first kappa shape index (κ1) is 16.4. The third-order valence-electron chi connectivity index (χ3n) is 2.09. The number of primary amides is 1. The molecule has 0 saturated heterocycles. The molecule has 0 aromatic heterocycles.